The van der Waals surface area contributed by atoms with E-state index in [4.69, 9.17) is 26.7 Å². The highest BCUT2D eigenvalue weighted by molar-refractivity contribution is 6.31. The molecule has 4 aliphatic rings. The van der Waals surface area contributed by atoms with Crippen LogP contribution in [0, 0.1) is 12.8 Å². The second kappa shape index (κ2) is 6.87. The van der Waals surface area contributed by atoms with Gasteiger partial charge in [-0.15, -0.1) is 0 Å². The van der Waals surface area contributed by atoms with Crippen LogP contribution in [-0.2, 0) is 4.74 Å². The van der Waals surface area contributed by atoms with Gasteiger partial charge in [0.2, 0.25) is 5.66 Å². The highest BCUT2D eigenvalue weighted by atomic mass is 35.5. The molecule has 5 rings (SSSR count). The van der Waals surface area contributed by atoms with E-state index >= 15 is 0 Å². The maximum Gasteiger partial charge on any atom is 0.225 e. The van der Waals surface area contributed by atoms with Crippen molar-refractivity contribution in [3.63, 3.8) is 0 Å². The summed E-state index contributed by atoms with van der Waals surface area (Å²) in [5.41, 5.74) is 3.68. The van der Waals surface area contributed by atoms with Gasteiger partial charge >= 0.3 is 0 Å². The third-order valence-electron chi connectivity index (χ3n) is 6.99. The molecule has 0 aromatic heterocycles. The number of aryl methyl sites for hydroxylation is 1. The van der Waals surface area contributed by atoms with Crippen molar-refractivity contribution in [1.82, 2.24) is 0 Å². The topological polar surface area (TPSA) is 41.6 Å². The molecular weight excluding hydrogens is 360 g/mol. The van der Waals surface area contributed by atoms with Crippen molar-refractivity contribution in [2.45, 2.75) is 50.7 Å². The molecule has 1 saturated heterocycles. The van der Waals surface area contributed by atoms with Gasteiger partial charge in [0.15, 0.2) is 0 Å². The molecule has 27 heavy (non-hydrogen) atoms. The molecule has 0 bridgehead atoms. The summed E-state index contributed by atoms with van der Waals surface area (Å²) in [4.78, 5) is 1.58. The smallest absolute Gasteiger partial charge is 0.225 e. The van der Waals surface area contributed by atoms with E-state index < -0.39 is 0 Å². The number of quaternary nitrogens is 1. The summed E-state index contributed by atoms with van der Waals surface area (Å²) in [7, 11) is 0. The number of allylic oxidation sites excluding steroid dienone is 1. The first-order chi connectivity index (χ1) is 13.2. The Hall–Kier alpha value is -1.43. The number of morpholine rings is 1. The molecule has 2 fully saturated rings. The zero-order valence-corrected chi connectivity index (χ0v) is 16.7. The van der Waals surface area contributed by atoms with Crippen LogP contribution in [0.5, 0.6) is 0 Å². The van der Waals surface area contributed by atoms with E-state index in [-0.39, 0.29) is 11.7 Å². The van der Waals surface area contributed by atoms with Gasteiger partial charge in [-0.1, -0.05) is 34.5 Å². The number of anilines is 1. The molecular formula is C21H28ClN4O+. The highest BCUT2D eigenvalue weighted by Gasteiger charge is 2.66. The minimum absolute atomic E-state index is 0.126. The van der Waals surface area contributed by atoms with Crippen molar-refractivity contribution in [3.05, 3.63) is 40.4 Å². The van der Waals surface area contributed by atoms with E-state index in [1.54, 1.807) is 10.5 Å². The van der Waals surface area contributed by atoms with Crippen LogP contribution in [0.15, 0.2) is 40.2 Å². The van der Waals surface area contributed by atoms with Crippen molar-refractivity contribution in [2.75, 3.05) is 31.3 Å². The molecule has 1 aromatic carbocycles. The van der Waals surface area contributed by atoms with Crippen LogP contribution in [0.3, 0.4) is 0 Å². The van der Waals surface area contributed by atoms with E-state index in [9.17, 15) is 0 Å². The second-order valence-electron chi connectivity index (χ2n) is 8.31. The number of nitrogens with zero attached hydrogens (tertiary/aromatic N) is 3. The van der Waals surface area contributed by atoms with E-state index in [0.29, 0.717) is 5.92 Å². The van der Waals surface area contributed by atoms with Crippen molar-refractivity contribution in [1.29, 1.82) is 0 Å². The van der Waals surface area contributed by atoms with Crippen LogP contribution in [0.1, 0.15) is 37.7 Å². The van der Waals surface area contributed by atoms with Gasteiger partial charge in [-0.05, 0) is 56.7 Å². The summed E-state index contributed by atoms with van der Waals surface area (Å²) in [6, 6.07) is 6.57. The molecule has 1 N–H and O–H groups in total. The number of nitrogens with one attached hydrogen (secondary N) is 1. The maximum absolute atomic E-state index is 6.49. The third-order valence-corrected chi connectivity index (χ3v) is 7.39. The predicted molar refractivity (Wildman–Crippen MR) is 106 cm³/mol. The number of halogens is 1. The molecule has 2 aliphatic heterocycles. The van der Waals surface area contributed by atoms with Crippen molar-refractivity contribution < 1.29 is 9.64 Å². The normalized spacial score (nSPS) is 33.6. The Bertz CT molecular complexity index is 788. The third kappa shape index (κ3) is 2.66. The first-order valence-electron chi connectivity index (χ1n) is 10.3. The Labute approximate surface area is 166 Å². The Morgan fingerprint density at radius 3 is 2.85 bits per heavy atom. The lowest BCUT2D eigenvalue weighted by Crippen LogP contribution is -3.25. The first kappa shape index (κ1) is 17.7. The molecule has 6 heteroatoms. The summed E-state index contributed by atoms with van der Waals surface area (Å²) in [6.45, 7) is 5.71. The molecule has 2 aliphatic carbocycles. The number of fused-ring (bicyclic) bond motifs is 1. The van der Waals surface area contributed by atoms with Crippen molar-refractivity contribution in [3.8, 4) is 0 Å². The zero-order valence-electron chi connectivity index (χ0n) is 16.0. The number of hydrogen-bond donors (Lipinski definition) is 1. The first-order valence-corrected chi connectivity index (χ1v) is 10.7. The summed E-state index contributed by atoms with van der Waals surface area (Å²) < 4.78 is 5.70. The molecule has 0 radical (unpaired) electrons. The van der Waals surface area contributed by atoms with Crippen LogP contribution in [0.4, 0.5) is 5.69 Å². The van der Waals surface area contributed by atoms with Crippen LogP contribution in [0.25, 0.3) is 0 Å². The van der Waals surface area contributed by atoms with E-state index in [0.717, 1.165) is 49.0 Å². The van der Waals surface area contributed by atoms with Gasteiger partial charge in [-0.25, -0.2) is 0 Å². The Morgan fingerprint density at radius 1 is 1.26 bits per heavy atom. The van der Waals surface area contributed by atoms with E-state index in [1.165, 1.54) is 25.7 Å². The van der Waals surface area contributed by atoms with E-state index in [1.807, 2.05) is 6.92 Å². The molecule has 1 aromatic rings. The van der Waals surface area contributed by atoms with E-state index in [2.05, 4.69) is 29.3 Å². The molecule has 0 amide bonds. The average molecular weight is 388 g/mol. The lowest BCUT2D eigenvalue weighted by Gasteiger charge is -2.47. The fourth-order valence-corrected chi connectivity index (χ4v) is 5.90. The van der Waals surface area contributed by atoms with Crippen molar-refractivity contribution >= 4 is 17.3 Å². The van der Waals surface area contributed by atoms with Gasteiger partial charge in [-0.2, -0.15) is 10.1 Å². The minimum Gasteiger partial charge on any atom is -0.370 e. The summed E-state index contributed by atoms with van der Waals surface area (Å²) >= 11 is 6.49. The summed E-state index contributed by atoms with van der Waals surface area (Å²) in [5.74, 6) is 0.508. The molecule has 0 unspecified atom stereocenters. The lowest BCUT2D eigenvalue weighted by atomic mass is 9.84. The predicted octanol–water partition coefficient (Wildman–Crippen LogP) is 3.34. The summed E-state index contributed by atoms with van der Waals surface area (Å²) in [5, 5.41) is 12.6. The highest BCUT2D eigenvalue weighted by Crippen LogP contribution is 2.50. The number of rotatable bonds is 3. The van der Waals surface area contributed by atoms with Gasteiger partial charge in [0.1, 0.15) is 19.1 Å². The van der Waals surface area contributed by atoms with Gasteiger partial charge in [0.05, 0.1) is 24.8 Å². The monoisotopic (exact) mass is 387 g/mol. The zero-order chi connectivity index (χ0) is 18.4. The Kier molecular flexibility index (Phi) is 4.49. The molecule has 0 spiro atoms. The van der Waals surface area contributed by atoms with Gasteiger partial charge in [0, 0.05) is 5.02 Å². The standard InChI is InChI=1S/C21H27ClN4O/c1-15-6-7-17(14-19(15)22)26-21(25-10-12-27-13-11-25)18(16-4-2-3-5-16)8-9-20(21)23-24-26/h4,6-7,14,18,20H,2-3,5,8-13H2,1H3/p+1/t18-,20+,21-/m1/s1. The quantitative estimate of drug-likeness (QED) is 0.808. The number of ether oxygens (including phenoxy) is 1. The van der Waals surface area contributed by atoms with Crippen LogP contribution >= 0.6 is 11.6 Å². The minimum atomic E-state index is -0.126. The van der Waals surface area contributed by atoms with Crippen LogP contribution in [0.2, 0.25) is 5.02 Å². The average Bonchev–Trinajstić information content (AvgIpc) is 3.40. The van der Waals surface area contributed by atoms with Crippen LogP contribution < -0.4 is 9.91 Å². The molecule has 2 heterocycles. The van der Waals surface area contributed by atoms with Gasteiger partial charge < -0.3 is 9.64 Å². The molecule has 1 saturated carbocycles. The Balaban J connectivity index is 1.62. The lowest BCUT2D eigenvalue weighted by molar-refractivity contribution is -0.961. The summed E-state index contributed by atoms with van der Waals surface area (Å²) in [6.07, 6.45) is 8.55. The fraction of sp³-hybridized carbons (Fsp3) is 0.619. The Morgan fingerprint density at radius 2 is 2.11 bits per heavy atom. The SMILES string of the molecule is Cc1ccc(N2N=N[C@H]3CC[C@H](C4=CCCC4)[C@]32[NH+]2CCOCC2)cc1Cl. The molecule has 5 nitrogen and oxygen atoms in total. The van der Waals surface area contributed by atoms with Crippen molar-refractivity contribution in [2.24, 2.45) is 16.3 Å². The largest absolute Gasteiger partial charge is 0.370 e. The van der Waals surface area contributed by atoms with Gasteiger partial charge in [-0.3, -0.25) is 0 Å². The number of benzene rings is 1. The van der Waals surface area contributed by atoms with Gasteiger partial charge in [0.25, 0.3) is 0 Å². The molecule has 144 valence electrons. The fourth-order valence-electron chi connectivity index (χ4n) is 5.73. The maximum atomic E-state index is 6.49. The second-order valence-corrected chi connectivity index (χ2v) is 8.72. The number of hydrogen-bond acceptors (Lipinski definition) is 4. The molecule has 3 atom stereocenters. The van der Waals surface area contributed by atoms with Crippen LogP contribution in [-0.4, -0.2) is 38.0 Å².